The Kier molecular flexibility index (Phi) is 7.94. The monoisotopic (exact) mass is 362 g/mol. The van der Waals surface area contributed by atoms with Crippen LogP contribution in [0.15, 0.2) is 0 Å². The first-order valence-electron chi connectivity index (χ1n) is 10.9. The lowest BCUT2D eigenvalue weighted by atomic mass is 9.82. The summed E-state index contributed by atoms with van der Waals surface area (Å²) in [5.74, 6) is 0.789. The number of nitrogens with zero attached hydrogens (tertiary/aromatic N) is 3. The lowest BCUT2D eigenvalue weighted by Gasteiger charge is -2.40. The molecule has 2 rings (SSSR count). The first-order chi connectivity index (χ1) is 12.3. The van der Waals surface area contributed by atoms with Crippen LogP contribution < -0.4 is 5.32 Å². The van der Waals surface area contributed by atoms with E-state index in [1.165, 1.54) is 19.3 Å². The number of rotatable bonds is 11. The van der Waals surface area contributed by atoms with Crippen LogP contribution in [0.4, 0.5) is 0 Å². The van der Waals surface area contributed by atoms with E-state index in [2.05, 4.69) is 55.8 Å². The summed E-state index contributed by atoms with van der Waals surface area (Å²) in [7, 11) is 0. The fraction of sp³-hybridized carbons (Fsp3) is 0.955. The molecule has 4 heteroatoms. The summed E-state index contributed by atoms with van der Waals surface area (Å²) >= 11 is 0. The normalized spacial score (nSPS) is 23.2. The van der Waals surface area contributed by atoms with E-state index in [4.69, 9.17) is 0 Å². The average Bonchev–Trinajstić information content (AvgIpc) is 3.37. The molecule has 0 radical (unpaired) electrons. The van der Waals surface area contributed by atoms with Crippen LogP contribution in [0.5, 0.6) is 0 Å². The van der Waals surface area contributed by atoms with Crippen LogP contribution in [-0.2, 0) is 0 Å². The van der Waals surface area contributed by atoms with Gasteiger partial charge in [-0.1, -0.05) is 20.8 Å². The summed E-state index contributed by atoms with van der Waals surface area (Å²) in [6.45, 7) is 18.9. The molecule has 1 aliphatic heterocycles. The molecule has 1 aliphatic carbocycles. The topological polar surface area (TPSA) is 42.3 Å². The molecule has 2 fully saturated rings. The molecule has 0 aromatic carbocycles. The van der Waals surface area contributed by atoms with Gasteiger partial charge in [-0.3, -0.25) is 9.80 Å². The summed E-state index contributed by atoms with van der Waals surface area (Å²) in [6, 6.07) is 3.33. The van der Waals surface area contributed by atoms with E-state index < -0.39 is 0 Å². The van der Waals surface area contributed by atoms with Gasteiger partial charge in [-0.15, -0.1) is 0 Å². The highest BCUT2D eigenvalue weighted by Crippen LogP contribution is 2.50. The predicted octanol–water partition coefficient (Wildman–Crippen LogP) is 3.74. The quantitative estimate of drug-likeness (QED) is 0.569. The van der Waals surface area contributed by atoms with Crippen LogP contribution in [0.3, 0.4) is 0 Å². The molecule has 0 amide bonds. The van der Waals surface area contributed by atoms with Gasteiger partial charge in [0, 0.05) is 45.3 Å². The Morgan fingerprint density at radius 2 is 1.77 bits per heavy atom. The molecule has 2 aliphatic rings. The van der Waals surface area contributed by atoms with Gasteiger partial charge in [-0.25, -0.2) is 0 Å². The van der Waals surface area contributed by atoms with E-state index in [1.54, 1.807) is 0 Å². The zero-order valence-electron chi connectivity index (χ0n) is 18.0. The minimum atomic E-state index is -0.193. The largest absolute Gasteiger partial charge is 0.316 e. The average molecular weight is 363 g/mol. The van der Waals surface area contributed by atoms with Crippen LogP contribution in [0.1, 0.15) is 66.7 Å². The second-order valence-electron chi connectivity index (χ2n) is 9.68. The summed E-state index contributed by atoms with van der Waals surface area (Å²) < 4.78 is 0. The third kappa shape index (κ3) is 6.22. The van der Waals surface area contributed by atoms with Gasteiger partial charge in [-0.2, -0.15) is 5.26 Å². The third-order valence-electron chi connectivity index (χ3n) is 6.66. The predicted molar refractivity (Wildman–Crippen MR) is 110 cm³/mol. The maximum absolute atomic E-state index is 9.92. The summed E-state index contributed by atoms with van der Waals surface area (Å²) in [4.78, 5) is 5.06. The first-order valence-corrected chi connectivity index (χ1v) is 10.9. The first kappa shape index (κ1) is 21.7. The Balaban J connectivity index is 1.76. The molecule has 1 heterocycles. The lowest BCUT2D eigenvalue weighted by Crippen LogP contribution is -2.51. The molecule has 0 spiro atoms. The molecule has 0 bridgehead atoms. The van der Waals surface area contributed by atoms with E-state index >= 15 is 0 Å². The Labute approximate surface area is 162 Å². The maximum atomic E-state index is 9.92. The lowest BCUT2D eigenvalue weighted by molar-refractivity contribution is 0.0814. The van der Waals surface area contributed by atoms with Crippen molar-refractivity contribution in [1.29, 1.82) is 5.26 Å². The van der Waals surface area contributed by atoms with Crippen molar-refractivity contribution in [1.82, 2.24) is 15.1 Å². The molecule has 1 saturated heterocycles. The molecule has 1 unspecified atom stereocenters. The summed E-state index contributed by atoms with van der Waals surface area (Å²) in [5.41, 5.74) is 0.380. The van der Waals surface area contributed by atoms with Gasteiger partial charge in [0.2, 0.25) is 0 Å². The number of hydrogen-bond acceptors (Lipinski definition) is 4. The second kappa shape index (κ2) is 9.53. The molecule has 1 atom stereocenters. The standard InChI is InChI=1S/C22H42N4/c1-6-21(16-23,18-25-11-13-26(14-12-25)20(4)5)9-10-24-17-22(7-8-22)15-19(2)3/h19-20,24H,6-15,17-18H2,1-5H3. The SMILES string of the molecule is CCC(C#N)(CCNCC1(CC(C)C)CC1)CN1CCN(C(C)C)CC1. The number of hydrogen-bond donors (Lipinski definition) is 1. The Morgan fingerprint density at radius 1 is 1.12 bits per heavy atom. The van der Waals surface area contributed by atoms with Crippen LogP contribution in [0, 0.1) is 28.1 Å². The highest BCUT2D eigenvalue weighted by molar-refractivity contribution is 5.02. The van der Waals surface area contributed by atoms with Crippen molar-refractivity contribution >= 4 is 0 Å². The fourth-order valence-corrected chi connectivity index (χ4v) is 4.58. The summed E-state index contributed by atoms with van der Waals surface area (Å²) in [6.07, 6.45) is 6.04. The molecule has 26 heavy (non-hydrogen) atoms. The minimum Gasteiger partial charge on any atom is -0.316 e. The van der Waals surface area contributed by atoms with Crippen LogP contribution >= 0.6 is 0 Å². The van der Waals surface area contributed by atoms with E-state index in [9.17, 15) is 5.26 Å². The maximum Gasteiger partial charge on any atom is 0.0710 e. The van der Waals surface area contributed by atoms with E-state index in [0.29, 0.717) is 11.5 Å². The Morgan fingerprint density at radius 3 is 2.23 bits per heavy atom. The van der Waals surface area contributed by atoms with Crippen LogP contribution in [-0.4, -0.2) is 61.7 Å². The Bertz CT molecular complexity index is 455. The van der Waals surface area contributed by atoms with Crippen LogP contribution in [0.2, 0.25) is 0 Å². The van der Waals surface area contributed by atoms with Gasteiger partial charge in [0.15, 0.2) is 0 Å². The van der Waals surface area contributed by atoms with Crippen LogP contribution in [0.25, 0.3) is 0 Å². The van der Waals surface area contributed by atoms with Crippen molar-refractivity contribution in [3.05, 3.63) is 0 Å². The zero-order chi connectivity index (χ0) is 19.2. The van der Waals surface area contributed by atoms with Crippen molar-refractivity contribution in [2.75, 3.05) is 45.8 Å². The Hall–Kier alpha value is -0.630. The van der Waals surface area contributed by atoms with Gasteiger partial charge < -0.3 is 5.32 Å². The van der Waals surface area contributed by atoms with Gasteiger partial charge >= 0.3 is 0 Å². The molecule has 1 N–H and O–H groups in total. The molecule has 0 aromatic heterocycles. The molecule has 1 saturated carbocycles. The fourth-order valence-electron chi connectivity index (χ4n) is 4.58. The van der Waals surface area contributed by atoms with Gasteiger partial charge in [0.05, 0.1) is 11.5 Å². The minimum absolute atomic E-state index is 0.193. The molecular weight excluding hydrogens is 320 g/mol. The van der Waals surface area contributed by atoms with Crippen molar-refractivity contribution in [3.63, 3.8) is 0 Å². The number of nitrogens with one attached hydrogen (secondary N) is 1. The number of piperazine rings is 1. The van der Waals surface area contributed by atoms with Crippen molar-refractivity contribution in [2.45, 2.75) is 72.8 Å². The van der Waals surface area contributed by atoms with Crippen molar-refractivity contribution in [3.8, 4) is 6.07 Å². The second-order valence-corrected chi connectivity index (χ2v) is 9.68. The highest BCUT2D eigenvalue weighted by Gasteiger charge is 2.42. The molecular formula is C22H42N4. The highest BCUT2D eigenvalue weighted by atomic mass is 15.3. The van der Waals surface area contributed by atoms with E-state index in [1.807, 2.05) is 0 Å². The number of nitriles is 1. The van der Waals surface area contributed by atoms with Crippen molar-refractivity contribution in [2.24, 2.45) is 16.7 Å². The molecule has 0 aromatic rings. The van der Waals surface area contributed by atoms with Gasteiger partial charge in [0.25, 0.3) is 0 Å². The zero-order valence-corrected chi connectivity index (χ0v) is 18.0. The summed E-state index contributed by atoms with van der Waals surface area (Å²) in [5, 5.41) is 13.6. The molecule has 4 nitrogen and oxygen atoms in total. The molecule has 150 valence electrons. The van der Waals surface area contributed by atoms with Gasteiger partial charge in [0.1, 0.15) is 0 Å². The van der Waals surface area contributed by atoms with E-state index in [0.717, 1.165) is 64.6 Å². The smallest absolute Gasteiger partial charge is 0.0710 e. The third-order valence-corrected chi connectivity index (χ3v) is 6.66. The van der Waals surface area contributed by atoms with Crippen molar-refractivity contribution < 1.29 is 0 Å². The van der Waals surface area contributed by atoms with Gasteiger partial charge in [-0.05, 0) is 63.8 Å². The van der Waals surface area contributed by atoms with E-state index in [-0.39, 0.29) is 5.41 Å².